The number of alkyl halides is 1. The van der Waals surface area contributed by atoms with Gasteiger partial charge in [-0.1, -0.05) is 0 Å². The van der Waals surface area contributed by atoms with Crippen LogP contribution in [0.2, 0.25) is 0 Å². The molecule has 0 spiro atoms. The van der Waals surface area contributed by atoms with Gasteiger partial charge in [-0.3, -0.25) is 9.69 Å². The number of hydrogen-bond acceptors (Lipinski definition) is 4. The summed E-state index contributed by atoms with van der Waals surface area (Å²) in [5.74, 6) is -4.70. The van der Waals surface area contributed by atoms with Gasteiger partial charge in [0, 0.05) is 19.0 Å². The van der Waals surface area contributed by atoms with Crippen LogP contribution in [0.4, 0.5) is 9.18 Å². The molecule has 2 rings (SSSR count). The predicted molar refractivity (Wildman–Crippen MR) is 87.5 cm³/mol. The maximum absolute atomic E-state index is 15.2. The number of rotatable bonds is 3. The Labute approximate surface area is 146 Å². The molecule has 1 atom stereocenters. The van der Waals surface area contributed by atoms with E-state index in [2.05, 4.69) is 5.32 Å². The van der Waals surface area contributed by atoms with E-state index in [0.29, 0.717) is 32.1 Å². The summed E-state index contributed by atoms with van der Waals surface area (Å²) in [4.78, 5) is 36.6. The SMILES string of the molecule is CC(C)(C)OC(=O)C1(F)CCCN1C(=O)NC1CCC(C(=O)O)CC1. The molecule has 7 nitrogen and oxygen atoms in total. The van der Waals surface area contributed by atoms with Crippen LogP contribution >= 0.6 is 0 Å². The minimum atomic E-state index is -2.45. The maximum Gasteiger partial charge on any atom is 0.365 e. The van der Waals surface area contributed by atoms with E-state index in [1.807, 2.05) is 0 Å². The molecule has 2 N–H and O–H groups in total. The number of ether oxygens (including phenoxy) is 1. The summed E-state index contributed by atoms with van der Waals surface area (Å²) < 4.78 is 20.3. The highest BCUT2D eigenvalue weighted by molar-refractivity contribution is 5.87. The van der Waals surface area contributed by atoms with Crippen LogP contribution in [0, 0.1) is 5.92 Å². The molecule has 1 saturated carbocycles. The lowest BCUT2D eigenvalue weighted by Crippen LogP contribution is -2.56. The summed E-state index contributed by atoms with van der Waals surface area (Å²) in [5, 5.41) is 11.7. The molecule has 0 bridgehead atoms. The zero-order chi connectivity index (χ0) is 18.8. The second-order valence-corrected chi connectivity index (χ2v) is 7.85. The summed E-state index contributed by atoms with van der Waals surface area (Å²) in [7, 11) is 0. The molecule has 1 aliphatic carbocycles. The molecule has 1 aliphatic heterocycles. The Morgan fingerprint density at radius 3 is 2.32 bits per heavy atom. The van der Waals surface area contributed by atoms with E-state index in [1.54, 1.807) is 20.8 Å². The zero-order valence-electron chi connectivity index (χ0n) is 15.0. The molecular formula is C17H27FN2O5. The van der Waals surface area contributed by atoms with Crippen molar-refractivity contribution in [3.05, 3.63) is 0 Å². The van der Waals surface area contributed by atoms with Gasteiger partial charge in [0.15, 0.2) is 0 Å². The van der Waals surface area contributed by atoms with Crippen LogP contribution in [0.3, 0.4) is 0 Å². The first-order chi connectivity index (χ1) is 11.5. The van der Waals surface area contributed by atoms with Crippen molar-refractivity contribution in [1.82, 2.24) is 10.2 Å². The Morgan fingerprint density at radius 1 is 1.20 bits per heavy atom. The fourth-order valence-corrected chi connectivity index (χ4v) is 3.35. The van der Waals surface area contributed by atoms with Gasteiger partial charge in [0.05, 0.1) is 5.92 Å². The summed E-state index contributed by atoms with van der Waals surface area (Å²) in [6, 6.07) is -0.837. The number of esters is 1. The molecule has 0 aromatic carbocycles. The van der Waals surface area contributed by atoms with Gasteiger partial charge in [-0.05, 0) is 52.9 Å². The number of carboxylic acid groups (broad SMARTS) is 1. The Hall–Kier alpha value is -1.86. The van der Waals surface area contributed by atoms with Gasteiger partial charge in [-0.25, -0.2) is 14.0 Å². The fraction of sp³-hybridized carbons (Fsp3) is 0.824. The van der Waals surface area contributed by atoms with Crippen molar-refractivity contribution in [2.24, 2.45) is 5.92 Å². The third kappa shape index (κ3) is 4.61. The van der Waals surface area contributed by atoms with Gasteiger partial charge < -0.3 is 15.2 Å². The minimum Gasteiger partial charge on any atom is -0.481 e. The average molecular weight is 358 g/mol. The second-order valence-electron chi connectivity index (χ2n) is 7.85. The van der Waals surface area contributed by atoms with Crippen LogP contribution in [0.15, 0.2) is 0 Å². The first-order valence-corrected chi connectivity index (χ1v) is 8.76. The maximum atomic E-state index is 15.2. The molecule has 8 heteroatoms. The van der Waals surface area contributed by atoms with Crippen molar-refractivity contribution in [1.29, 1.82) is 0 Å². The van der Waals surface area contributed by atoms with Crippen LogP contribution in [-0.2, 0) is 14.3 Å². The highest BCUT2D eigenvalue weighted by Gasteiger charge is 2.53. The van der Waals surface area contributed by atoms with Crippen LogP contribution in [0.1, 0.15) is 59.3 Å². The largest absolute Gasteiger partial charge is 0.481 e. The lowest BCUT2D eigenvalue weighted by atomic mass is 9.86. The molecule has 2 aliphatic rings. The number of halogens is 1. The normalized spacial score (nSPS) is 30.0. The average Bonchev–Trinajstić information content (AvgIpc) is 2.89. The summed E-state index contributed by atoms with van der Waals surface area (Å²) >= 11 is 0. The van der Waals surface area contributed by atoms with Crippen LogP contribution in [0.5, 0.6) is 0 Å². The van der Waals surface area contributed by atoms with Gasteiger partial charge in [-0.15, -0.1) is 0 Å². The molecule has 1 unspecified atom stereocenters. The van der Waals surface area contributed by atoms with Gasteiger partial charge >= 0.3 is 18.0 Å². The lowest BCUT2D eigenvalue weighted by molar-refractivity contribution is -0.178. The number of carbonyl (C=O) groups excluding carboxylic acids is 2. The van der Waals surface area contributed by atoms with Gasteiger partial charge in [0.25, 0.3) is 5.79 Å². The van der Waals surface area contributed by atoms with Gasteiger partial charge in [-0.2, -0.15) is 0 Å². The topological polar surface area (TPSA) is 95.9 Å². The summed E-state index contributed by atoms with van der Waals surface area (Å²) in [5.41, 5.74) is -0.837. The number of amides is 2. The molecule has 2 fully saturated rings. The van der Waals surface area contributed by atoms with Crippen molar-refractivity contribution < 1.29 is 28.6 Å². The van der Waals surface area contributed by atoms with Crippen molar-refractivity contribution in [3.8, 4) is 0 Å². The number of carbonyl (C=O) groups is 3. The van der Waals surface area contributed by atoms with E-state index in [4.69, 9.17) is 9.84 Å². The van der Waals surface area contributed by atoms with E-state index in [0.717, 1.165) is 4.90 Å². The Bertz CT molecular complexity index is 540. The van der Waals surface area contributed by atoms with E-state index in [1.165, 1.54) is 0 Å². The van der Waals surface area contributed by atoms with Crippen molar-refractivity contribution in [3.63, 3.8) is 0 Å². The van der Waals surface area contributed by atoms with E-state index < -0.39 is 29.4 Å². The molecule has 142 valence electrons. The third-order valence-electron chi connectivity index (χ3n) is 4.68. The first-order valence-electron chi connectivity index (χ1n) is 8.76. The van der Waals surface area contributed by atoms with Crippen LogP contribution in [-0.4, -0.2) is 52.0 Å². The molecule has 0 radical (unpaired) electrons. The van der Waals surface area contributed by atoms with E-state index in [9.17, 15) is 14.4 Å². The molecule has 0 aromatic rings. The van der Waals surface area contributed by atoms with Gasteiger partial charge in [0.1, 0.15) is 5.60 Å². The van der Waals surface area contributed by atoms with E-state index >= 15 is 4.39 Å². The van der Waals surface area contributed by atoms with Crippen molar-refractivity contribution in [2.75, 3.05) is 6.54 Å². The van der Waals surface area contributed by atoms with Crippen LogP contribution in [0.25, 0.3) is 0 Å². The second kappa shape index (κ2) is 7.17. The Balaban J connectivity index is 1.96. The summed E-state index contributed by atoms with van der Waals surface area (Å²) in [6.45, 7) is 5.09. The number of nitrogens with zero attached hydrogens (tertiary/aromatic N) is 1. The standard InChI is InChI=1S/C17H27FN2O5/c1-16(2,3)25-14(23)17(18)9-4-10-20(17)15(24)19-12-7-5-11(6-8-12)13(21)22/h11-12H,4-10H2,1-3H3,(H,19,24)(H,21,22). The van der Waals surface area contributed by atoms with Crippen molar-refractivity contribution >= 4 is 18.0 Å². The molecule has 25 heavy (non-hydrogen) atoms. The summed E-state index contributed by atoms with van der Waals surface area (Å²) in [6.07, 6.45) is 2.32. The Morgan fingerprint density at radius 2 is 1.80 bits per heavy atom. The third-order valence-corrected chi connectivity index (χ3v) is 4.68. The number of aliphatic carboxylic acids is 1. The quantitative estimate of drug-likeness (QED) is 0.597. The van der Waals surface area contributed by atoms with Gasteiger partial charge in [0.2, 0.25) is 0 Å². The smallest absolute Gasteiger partial charge is 0.365 e. The molecule has 2 amide bonds. The minimum absolute atomic E-state index is 0.0823. The molecular weight excluding hydrogens is 331 g/mol. The number of hydrogen-bond donors (Lipinski definition) is 2. The highest BCUT2D eigenvalue weighted by atomic mass is 19.1. The lowest BCUT2D eigenvalue weighted by Gasteiger charge is -2.34. The first kappa shape index (κ1) is 19.5. The molecule has 0 aromatic heterocycles. The zero-order valence-corrected chi connectivity index (χ0v) is 15.0. The monoisotopic (exact) mass is 358 g/mol. The number of likely N-dealkylation sites (tertiary alicyclic amines) is 1. The highest BCUT2D eigenvalue weighted by Crippen LogP contribution is 2.34. The predicted octanol–water partition coefficient (Wildman–Crippen LogP) is 2.44. The van der Waals surface area contributed by atoms with Crippen molar-refractivity contribution in [2.45, 2.75) is 76.7 Å². The van der Waals surface area contributed by atoms with E-state index in [-0.39, 0.29) is 24.9 Å². The number of carboxylic acids is 1. The number of urea groups is 1. The molecule has 1 heterocycles. The van der Waals surface area contributed by atoms with Crippen LogP contribution < -0.4 is 5.32 Å². The molecule has 1 saturated heterocycles. The Kier molecular flexibility index (Phi) is 5.58. The fourth-order valence-electron chi connectivity index (χ4n) is 3.35. The number of nitrogens with one attached hydrogen (secondary N) is 1.